The van der Waals surface area contributed by atoms with Gasteiger partial charge in [-0.1, -0.05) is 6.92 Å². The summed E-state index contributed by atoms with van der Waals surface area (Å²) in [5.74, 6) is 0. The number of nitrogens with zero attached hydrogens (tertiary/aromatic N) is 2. The van der Waals surface area contributed by atoms with Crippen LogP contribution in [0.2, 0.25) is 0 Å². The summed E-state index contributed by atoms with van der Waals surface area (Å²) in [7, 11) is 0. The van der Waals surface area contributed by atoms with Crippen molar-refractivity contribution in [2.45, 2.75) is 39.2 Å². The van der Waals surface area contributed by atoms with Gasteiger partial charge in [0.1, 0.15) is 0 Å². The summed E-state index contributed by atoms with van der Waals surface area (Å²) >= 11 is 1.75. The fourth-order valence-electron chi connectivity index (χ4n) is 2.37. The first kappa shape index (κ1) is 13.0. The monoisotopic (exact) mass is 253 g/mol. The van der Waals surface area contributed by atoms with Crippen LogP contribution in [0.1, 0.15) is 31.0 Å². The van der Waals surface area contributed by atoms with Gasteiger partial charge in [0, 0.05) is 43.5 Å². The van der Waals surface area contributed by atoms with Gasteiger partial charge in [-0.2, -0.15) is 0 Å². The molecule has 0 aliphatic carbocycles. The van der Waals surface area contributed by atoms with E-state index < -0.39 is 0 Å². The molecule has 3 nitrogen and oxygen atoms in total. The first-order valence-electron chi connectivity index (χ1n) is 6.50. The van der Waals surface area contributed by atoms with Crippen molar-refractivity contribution in [2.75, 3.05) is 26.2 Å². The van der Waals surface area contributed by atoms with E-state index in [4.69, 9.17) is 0 Å². The van der Waals surface area contributed by atoms with Crippen LogP contribution in [0.4, 0.5) is 0 Å². The van der Waals surface area contributed by atoms with Gasteiger partial charge in [-0.15, -0.1) is 11.3 Å². The maximum absolute atomic E-state index is 4.53. The lowest BCUT2D eigenvalue weighted by Crippen LogP contribution is -2.58. The number of aryl methyl sites for hydroxylation is 1. The molecule has 1 saturated heterocycles. The SMILES string of the molecule is CCC1(C)CN(CCc2csc(C)n2)CCN1. The van der Waals surface area contributed by atoms with Crippen LogP contribution in [0.15, 0.2) is 5.38 Å². The first-order valence-corrected chi connectivity index (χ1v) is 7.38. The number of thiazole rings is 1. The van der Waals surface area contributed by atoms with Crippen molar-refractivity contribution < 1.29 is 0 Å². The van der Waals surface area contributed by atoms with Gasteiger partial charge < -0.3 is 5.32 Å². The fraction of sp³-hybridized carbons (Fsp3) is 0.769. The molecule has 0 spiro atoms. The highest BCUT2D eigenvalue weighted by molar-refractivity contribution is 7.09. The molecule has 0 bridgehead atoms. The summed E-state index contributed by atoms with van der Waals surface area (Å²) in [5, 5.41) is 6.99. The molecule has 0 radical (unpaired) electrons. The summed E-state index contributed by atoms with van der Waals surface area (Å²) in [6, 6.07) is 0. The molecule has 1 fully saturated rings. The Kier molecular flexibility index (Phi) is 4.17. The molecule has 1 aliphatic rings. The molecule has 1 unspecified atom stereocenters. The molecule has 96 valence electrons. The molecule has 1 atom stereocenters. The molecule has 4 heteroatoms. The summed E-state index contributed by atoms with van der Waals surface area (Å²) in [6.07, 6.45) is 2.28. The highest BCUT2D eigenvalue weighted by Gasteiger charge is 2.28. The smallest absolute Gasteiger partial charge is 0.0897 e. The molecule has 2 heterocycles. The van der Waals surface area contributed by atoms with Crippen molar-refractivity contribution >= 4 is 11.3 Å². The van der Waals surface area contributed by atoms with Crippen LogP contribution in [0, 0.1) is 6.92 Å². The Morgan fingerprint density at radius 2 is 2.41 bits per heavy atom. The second-order valence-electron chi connectivity index (χ2n) is 5.22. The predicted molar refractivity (Wildman–Crippen MR) is 73.7 cm³/mol. The summed E-state index contributed by atoms with van der Waals surface area (Å²) in [6.45, 7) is 11.2. The van der Waals surface area contributed by atoms with E-state index in [0.717, 1.165) is 26.1 Å². The zero-order valence-electron chi connectivity index (χ0n) is 11.1. The molecule has 1 aliphatic heterocycles. The van der Waals surface area contributed by atoms with Crippen LogP contribution in [-0.2, 0) is 6.42 Å². The average molecular weight is 253 g/mol. The van der Waals surface area contributed by atoms with E-state index in [1.807, 2.05) is 0 Å². The fourth-order valence-corrected chi connectivity index (χ4v) is 3.01. The van der Waals surface area contributed by atoms with Crippen molar-refractivity contribution in [1.29, 1.82) is 0 Å². The van der Waals surface area contributed by atoms with Gasteiger partial charge in [0.05, 0.1) is 10.7 Å². The van der Waals surface area contributed by atoms with Crippen LogP contribution < -0.4 is 5.32 Å². The first-order chi connectivity index (χ1) is 8.11. The molecule has 17 heavy (non-hydrogen) atoms. The number of nitrogens with one attached hydrogen (secondary N) is 1. The second-order valence-corrected chi connectivity index (χ2v) is 6.29. The van der Waals surface area contributed by atoms with Gasteiger partial charge in [0.15, 0.2) is 0 Å². The number of hydrogen-bond donors (Lipinski definition) is 1. The number of piperazine rings is 1. The van der Waals surface area contributed by atoms with Crippen LogP contribution >= 0.6 is 11.3 Å². The Hall–Kier alpha value is -0.450. The third kappa shape index (κ3) is 3.50. The van der Waals surface area contributed by atoms with Crippen molar-refractivity contribution in [2.24, 2.45) is 0 Å². The van der Waals surface area contributed by atoms with Crippen molar-refractivity contribution in [3.05, 3.63) is 16.1 Å². The zero-order valence-corrected chi connectivity index (χ0v) is 11.9. The third-order valence-corrected chi connectivity index (χ3v) is 4.51. The van der Waals surface area contributed by atoms with Gasteiger partial charge in [-0.05, 0) is 20.3 Å². The minimum Gasteiger partial charge on any atom is -0.309 e. The quantitative estimate of drug-likeness (QED) is 0.890. The molecular weight excluding hydrogens is 230 g/mol. The molecule has 1 N–H and O–H groups in total. The Morgan fingerprint density at radius 3 is 3.06 bits per heavy atom. The molecule has 0 aromatic carbocycles. The van der Waals surface area contributed by atoms with Crippen molar-refractivity contribution in [3.63, 3.8) is 0 Å². The average Bonchev–Trinajstić information content (AvgIpc) is 2.73. The second kappa shape index (κ2) is 5.46. The number of rotatable bonds is 4. The Labute approximate surface area is 108 Å². The lowest BCUT2D eigenvalue weighted by Gasteiger charge is -2.41. The number of hydrogen-bond acceptors (Lipinski definition) is 4. The van der Waals surface area contributed by atoms with Crippen molar-refractivity contribution in [3.8, 4) is 0 Å². The highest BCUT2D eigenvalue weighted by Crippen LogP contribution is 2.16. The maximum atomic E-state index is 4.53. The summed E-state index contributed by atoms with van der Waals surface area (Å²) in [4.78, 5) is 7.09. The molecule has 2 rings (SSSR count). The van der Waals surface area contributed by atoms with Crippen LogP contribution in [0.3, 0.4) is 0 Å². The van der Waals surface area contributed by atoms with Crippen LogP contribution in [-0.4, -0.2) is 41.6 Å². The molecule has 1 aromatic rings. The molecule has 0 amide bonds. The normalized spacial score (nSPS) is 26.3. The molecular formula is C13H23N3S. The molecule has 0 saturated carbocycles. The Balaban J connectivity index is 1.83. The zero-order chi connectivity index (χ0) is 12.3. The maximum Gasteiger partial charge on any atom is 0.0897 e. The Bertz CT molecular complexity index is 363. The summed E-state index contributed by atoms with van der Waals surface area (Å²) < 4.78 is 0. The lowest BCUT2D eigenvalue weighted by molar-refractivity contribution is 0.141. The molecule has 1 aromatic heterocycles. The minimum atomic E-state index is 0.302. The third-order valence-electron chi connectivity index (χ3n) is 3.68. The summed E-state index contributed by atoms with van der Waals surface area (Å²) in [5.41, 5.74) is 1.56. The van der Waals surface area contributed by atoms with Gasteiger partial charge in [0.25, 0.3) is 0 Å². The van der Waals surface area contributed by atoms with Crippen molar-refractivity contribution in [1.82, 2.24) is 15.2 Å². The van der Waals surface area contributed by atoms with E-state index in [1.165, 1.54) is 23.7 Å². The van der Waals surface area contributed by atoms with Crippen LogP contribution in [0.5, 0.6) is 0 Å². The standard InChI is InChI=1S/C13H23N3S/c1-4-13(3)10-16(8-6-14-13)7-5-12-9-17-11(2)15-12/h9,14H,4-8,10H2,1-3H3. The van der Waals surface area contributed by atoms with E-state index in [0.29, 0.717) is 5.54 Å². The van der Waals surface area contributed by atoms with Gasteiger partial charge >= 0.3 is 0 Å². The van der Waals surface area contributed by atoms with Gasteiger partial charge in [-0.3, -0.25) is 4.90 Å². The Morgan fingerprint density at radius 1 is 1.59 bits per heavy atom. The topological polar surface area (TPSA) is 28.2 Å². The minimum absolute atomic E-state index is 0.302. The lowest BCUT2D eigenvalue weighted by atomic mass is 9.96. The van der Waals surface area contributed by atoms with E-state index in [9.17, 15) is 0 Å². The largest absolute Gasteiger partial charge is 0.309 e. The van der Waals surface area contributed by atoms with E-state index in [2.05, 4.69) is 41.4 Å². The predicted octanol–water partition coefficient (Wildman–Crippen LogP) is 2.07. The van der Waals surface area contributed by atoms with Gasteiger partial charge in [-0.25, -0.2) is 4.98 Å². The van der Waals surface area contributed by atoms with Crippen LogP contribution in [0.25, 0.3) is 0 Å². The van der Waals surface area contributed by atoms with E-state index in [-0.39, 0.29) is 0 Å². The van der Waals surface area contributed by atoms with E-state index in [1.54, 1.807) is 11.3 Å². The van der Waals surface area contributed by atoms with Gasteiger partial charge in [0.2, 0.25) is 0 Å². The highest BCUT2D eigenvalue weighted by atomic mass is 32.1. The van der Waals surface area contributed by atoms with E-state index >= 15 is 0 Å². The number of aromatic nitrogens is 1.